The van der Waals surface area contributed by atoms with Crippen LogP contribution in [0.1, 0.15) is 5.56 Å². The van der Waals surface area contributed by atoms with E-state index in [0.717, 1.165) is 11.3 Å². The lowest BCUT2D eigenvalue weighted by Crippen LogP contribution is -1.73. The van der Waals surface area contributed by atoms with E-state index in [-0.39, 0.29) is 0 Å². The fourth-order valence-corrected chi connectivity index (χ4v) is 1.22. The second-order valence-corrected chi connectivity index (χ2v) is 3.44. The maximum Gasteiger partial charge on any atom is 0.0598 e. The van der Waals surface area contributed by atoms with Gasteiger partial charge in [-0.25, -0.2) is 0 Å². The quantitative estimate of drug-likeness (QED) is 0.715. The largest absolute Gasteiger partial charge is 0.175 e. The third-order valence-electron chi connectivity index (χ3n) is 1.36. The van der Waals surface area contributed by atoms with Crippen molar-refractivity contribution in [2.45, 2.75) is 0 Å². The molecule has 1 aromatic carbocycles. The van der Waals surface area contributed by atoms with Gasteiger partial charge < -0.3 is 0 Å². The third-order valence-corrected chi connectivity index (χ3v) is 2.31. The van der Waals surface area contributed by atoms with Crippen LogP contribution < -0.4 is 0 Å². The molecule has 1 rings (SSSR count). The van der Waals surface area contributed by atoms with Crippen molar-refractivity contribution in [2.24, 2.45) is 0 Å². The van der Waals surface area contributed by atoms with Crippen molar-refractivity contribution in [1.82, 2.24) is 0 Å². The van der Waals surface area contributed by atoms with Crippen LogP contribution in [-0.4, -0.2) is 5.75 Å². The van der Waals surface area contributed by atoms with Gasteiger partial charge >= 0.3 is 0 Å². The van der Waals surface area contributed by atoms with Crippen LogP contribution in [0.25, 0.3) is 6.08 Å². The van der Waals surface area contributed by atoms with E-state index in [2.05, 4.69) is 12.6 Å². The maximum atomic E-state index is 5.81. The highest BCUT2D eigenvalue weighted by Crippen LogP contribution is 2.22. The molecule has 0 aliphatic carbocycles. The molecule has 0 unspecified atom stereocenters. The lowest BCUT2D eigenvalue weighted by molar-refractivity contribution is 1.64. The molecule has 0 bridgehead atoms. The van der Waals surface area contributed by atoms with E-state index >= 15 is 0 Å². The summed E-state index contributed by atoms with van der Waals surface area (Å²) in [6.07, 6.45) is 3.90. The molecule has 0 heterocycles. The number of hydrogen-bond acceptors (Lipinski definition) is 1. The highest BCUT2D eigenvalue weighted by molar-refractivity contribution is 7.80. The van der Waals surface area contributed by atoms with Gasteiger partial charge in [-0.1, -0.05) is 41.4 Å². The summed E-state index contributed by atoms with van der Waals surface area (Å²) in [4.78, 5) is 0. The topological polar surface area (TPSA) is 0 Å². The van der Waals surface area contributed by atoms with Gasteiger partial charge in [0.1, 0.15) is 0 Å². The Morgan fingerprint density at radius 2 is 2.00 bits per heavy atom. The van der Waals surface area contributed by atoms with Gasteiger partial charge in [-0.15, -0.1) is 0 Å². The Balaban J connectivity index is 2.89. The molecule has 0 N–H and O–H groups in total. The molecule has 0 radical (unpaired) electrons. The van der Waals surface area contributed by atoms with Crippen molar-refractivity contribution in [3.8, 4) is 0 Å². The zero-order valence-electron chi connectivity index (χ0n) is 6.30. The Bertz CT molecular complexity index is 295. The molecule has 0 aliphatic rings. The lowest BCUT2D eigenvalue weighted by atomic mass is 10.2. The summed E-state index contributed by atoms with van der Waals surface area (Å²) in [5.74, 6) is 0.722. The number of rotatable bonds is 2. The standard InChI is InChI=1S/C9H8Cl2S/c10-8-4-3-7(2-1-5-12)6-9(8)11/h1-4,6,12H,5H2. The molecule has 0 aliphatic heterocycles. The summed E-state index contributed by atoms with van der Waals surface area (Å²) in [6, 6.07) is 5.51. The van der Waals surface area contributed by atoms with Crippen LogP contribution in [0.3, 0.4) is 0 Å². The number of halogens is 2. The molecule has 0 nitrogen and oxygen atoms in total. The summed E-state index contributed by atoms with van der Waals surface area (Å²) >= 11 is 15.6. The van der Waals surface area contributed by atoms with Gasteiger partial charge in [-0.05, 0) is 17.7 Å². The van der Waals surface area contributed by atoms with E-state index in [9.17, 15) is 0 Å². The number of hydrogen-bond donors (Lipinski definition) is 1. The van der Waals surface area contributed by atoms with Gasteiger partial charge in [-0.2, -0.15) is 12.6 Å². The molecule has 0 fully saturated rings. The van der Waals surface area contributed by atoms with E-state index in [4.69, 9.17) is 23.2 Å². The van der Waals surface area contributed by atoms with Crippen molar-refractivity contribution in [2.75, 3.05) is 5.75 Å². The summed E-state index contributed by atoms with van der Waals surface area (Å²) in [5.41, 5.74) is 1.04. The highest BCUT2D eigenvalue weighted by Gasteiger charge is 1.95. The third kappa shape index (κ3) is 2.74. The molecule has 12 heavy (non-hydrogen) atoms. The highest BCUT2D eigenvalue weighted by atomic mass is 35.5. The second kappa shape index (κ2) is 4.80. The van der Waals surface area contributed by atoms with Crippen LogP contribution in [0.5, 0.6) is 0 Å². The Morgan fingerprint density at radius 3 is 2.58 bits per heavy atom. The molecule has 0 spiro atoms. The number of thiol groups is 1. The average Bonchev–Trinajstić information content (AvgIpc) is 2.07. The van der Waals surface area contributed by atoms with Crippen molar-refractivity contribution >= 4 is 41.9 Å². The first-order chi connectivity index (χ1) is 5.74. The van der Waals surface area contributed by atoms with Gasteiger partial charge in [0.15, 0.2) is 0 Å². The Hall–Kier alpha value is -0.110. The zero-order chi connectivity index (χ0) is 8.97. The van der Waals surface area contributed by atoms with Crippen LogP contribution in [0.2, 0.25) is 10.0 Å². The molecule has 0 amide bonds. The van der Waals surface area contributed by atoms with E-state index in [0.29, 0.717) is 10.0 Å². The maximum absolute atomic E-state index is 5.81. The van der Waals surface area contributed by atoms with Gasteiger partial charge in [0.25, 0.3) is 0 Å². The Morgan fingerprint density at radius 1 is 1.25 bits per heavy atom. The fraction of sp³-hybridized carbons (Fsp3) is 0.111. The van der Waals surface area contributed by atoms with E-state index in [1.54, 1.807) is 6.07 Å². The monoisotopic (exact) mass is 218 g/mol. The predicted octanol–water partition coefficient (Wildman–Crippen LogP) is 3.94. The summed E-state index contributed by atoms with van der Waals surface area (Å²) in [5, 5.41) is 1.16. The second-order valence-electron chi connectivity index (χ2n) is 2.26. The van der Waals surface area contributed by atoms with Crippen molar-refractivity contribution < 1.29 is 0 Å². The van der Waals surface area contributed by atoms with Crippen molar-refractivity contribution in [3.63, 3.8) is 0 Å². The molecule has 3 heteroatoms. The first-order valence-electron chi connectivity index (χ1n) is 3.46. The normalized spacial score (nSPS) is 10.9. The summed E-state index contributed by atoms with van der Waals surface area (Å²) < 4.78 is 0. The van der Waals surface area contributed by atoms with Crippen molar-refractivity contribution in [1.29, 1.82) is 0 Å². The van der Waals surface area contributed by atoms with Crippen molar-refractivity contribution in [3.05, 3.63) is 39.9 Å². The predicted molar refractivity (Wildman–Crippen MR) is 59.3 cm³/mol. The average molecular weight is 219 g/mol. The van der Waals surface area contributed by atoms with Crippen LogP contribution in [0.4, 0.5) is 0 Å². The molecule has 0 atom stereocenters. The molecule has 0 saturated heterocycles. The van der Waals surface area contributed by atoms with Gasteiger partial charge in [-0.3, -0.25) is 0 Å². The molecule has 0 saturated carbocycles. The minimum Gasteiger partial charge on any atom is -0.175 e. The minimum absolute atomic E-state index is 0.581. The van der Waals surface area contributed by atoms with Crippen LogP contribution in [0.15, 0.2) is 24.3 Å². The first-order valence-corrected chi connectivity index (χ1v) is 4.85. The van der Waals surface area contributed by atoms with Crippen LogP contribution >= 0.6 is 35.8 Å². The molecule has 0 aromatic heterocycles. The van der Waals surface area contributed by atoms with E-state index in [1.165, 1.54) is 0 Å². The zero-order valence-corrected chi connectivity index (χ0v) is 8.70. The smallest absolute Gasteiger partial charge is 0.0598 e. The fourth-order valence-electron chi connectivity index (χ4n) is 0.805. The van der Waals surface area contributed by atoms with E-state index < -0.39 is 0 Å². The first kappa shape index (κ1) is 9.97. The lowest BCUT2D eigenvalue weighted by Gasteiger charge is -1.96. The van der Waals surface area contributed by atoms with Gasteiger partial charge in [0, 0.05) is 5.75 Å². The van der Waals surface area contributed by atoms with Crippen LogP contribution in [0, 0.1) is 0 Å². The van der Waals surface area contributed by atoms with Gasteiger partial charge in [0.05, 0.1) is 10.0 Å². The SMILES string of the molecule is SCC=Cc1ccc(Cl)c(Cl)c1. The molecule has 1 aromatic rings. The van der Waals surface area contributed by atoms with Gasteiger partial charge in [0.2, 0.25) is 0 Å². The summed E-state index contributed by atoms with van der Waals surface area (Å²) in [7, 11) is 0. The van der Waals surface area contributed by atoms with Crippen LogP contribution in [-0.2, 0) is 0 Å². The molecular formula is C9H8Cl2S. The minimum atomic E-state index is 0.581. The Kier molecular flexibility index (Phi) is 3.99. The Labute approximate surface area is 87.6 Å². The number of benzene rings is 1. The van der Waals surface area contributed by atoms with E-state index in [1.807, 2.05) is 24.3 Å². The summed E-state index contributed by atoms with van der Waals surface area (Å²) in [6.45, 7) is 0. The molecular weight excluding hydrogens is 211 g/mol. The molecule has 64 valence electrons.